The number of benzene rings is 1. The molecule has 2 heterocycles. The van der Waals surface area contributed by atoms with Crippen LogP contribution in [0.25, 0.3) is 0 Å². The van der Waals surface area contributed by atoms with E-state index in [9.17, 15) is 4.39 Å². The maximum absolute atomic E-state index is 14.3. The SMILES string of the molecule is CC1CN2CCCCC2CN1c1ccc(CO)cc1F. The largest absolute Gasteiger partial charge is 0.392 e. The molecule has 1 aromatic carbocycles. The number of hydrogen-bond donors (Lipinski definition) is 1. The molecule has 2 aliphatic heterocycles. The minimum Gasteiger partial charge on any atom is -0.392 e. The summed E-state index contributed by atoms with van der Waals surface area (Å²) in [4.78, 5) is 4.76. The van der Waals surface area contributed by atoms with Crippen LogP contribution in [0, 0.1) is 5.82 Å². The quantitative estimate of drug-likeness (QED) is 0.900. The first-order chi connectivity index (χ1) is 9.69. The molecule has 0 bridgehead atoms. The van der Waals surface area contributed by atoms with Gasteiger partial charge in [-0.25, -0.2) is 4.39 Å². The molecule has 2 fully saturated rings. The van der Waals surface area contributed by atoms with Crippen molar-refractivity contribution in [2.24, 2.45) is 0 Å². The monoisotopic (exact) mass is 278 g/mol. The zero-order chi connectivity index (χ0) is 14.1. The van der Waals surface area contributed by atoms with Gasteiger partial charge in [-0.05, 0) is 44.0 Å². The number of halogens is 1. The summed E-state index contributed by atoms with van der Waals surface area (Å²) in [6, 6.07) is 5.99. The van der Waals surface area contributed by atoms with E-state index in [-0.39, 0.29) is 12.4 Å². The van der Waals surface area contributed by atoms with Crippen LogP contribution >= 0.6 is 0 Å². The molecule has 3 nitrogen and oxygen atoms in total. The van der Waals surface area contributed by atoms with Gasteiger partial charge in [0.2, 0.25) is 0 Å². The van der Waals surface area contributed by atoms with Gasteiger partial charge in [0.05, 0.1) is 12.3 Å². The van der Waals surface area contributed by atoms with Gasteiger partial charge in [0, 0.05) is 25.2 Å². The summed E-state index contributed by atoms with van der Waals surface area (Å²) in [5.74, 6) is -0.215. The molecule has 2 unspecified atom stereocenters. The minimum absolute atomic E-state index is 0.108. The summed E-state index contributed by atoms with van der Waals surface area (Å²) < 4.78 is 14.3. The summed E-state index contributed by atoms with van der Waals surface area (Å²) in [6.45, 7) is 5.19. The fourth-order valence-corrected chi connectivity index (χ4v) is 3.57. The molecule has 2 aliphatic rings. The highest BCUT2D eigenvalue weighted by atomic mass is 19.1. The highest BCUT2D eigenvalue weighted by molar-refractivity contribution is 5.51. The molecule has 20 heavy (non-hydrogen) atoms. The van der Waals surface area contributed by atoms with E-state index >= 15 is 0 Å². The zero-order valence-electron chi connectivity index (χ0n) is 12.1. The lowest BCUT2D eigenvalue weighted by atomic mass is 9.96. The highest BCUT2D eigenvalue weighted by Crippen LogP contribution is 2.30. The molecule has 3 rings (SSSR count). The van der Waals surface area contributed by atoms with Crippen molar-refractivity contribution < 1.29 is 9.50 Å². The van der Waals surface area contributed by atoms with Gasteiger partial charge in [-0.15, -0.1) is 0 Å². The number of anilines is 1. The molecule has 4 heteroatoms. The molecular weight excluding hydrogens is 255 g/mol. The number of aliphatic hydroxyl groups excluding tert-OH is 1. The molecule has 0 amide bonds. The molecule has 0 saturated carbocycles. The topological polar surface area (TPSA) is 26.7 Å². The summed E-state index contributed by atoms with van der Waals surface area (Å²) in [5, 5.41) is 9.08. The maximum Gasteiger partial charge on any atom is 0.146 e. The number of piperidine rings is 1. The van der Waals surface area contributed by atoms with E-state index in [1.807, 2.05) is 12.1 Å². The molecule has 0 aliphatic carbocycles. The smallest absolute Gasteiger partial charge is 0.146 e. The van der Waals surface area contributed by atoms with E-state index in [0.29, 0.717) is 23.3 Å². The van der Waals surface area contributed by atoms with Crippen LogP contribution in [-0.4, -0.2) is 41.7 Å². The first-order valence-corrected chi connectivity index (χ1v) is 7.59. The van der Waals surface area contributed by atoms with Gasteiger partial charge < -0.3 is 10.0 Å². The molecule has 0 aromatic heterocycles. The van der Waals surface area contributed by atoms with Crippen LogP contribution in [0.5, 0.6) is 0 Å². The van der Waals surface area contributed by atoms with Crippen molar-refractivity contribution in [1.82, 2.24) is 4.90 Å². The van der Waals surface area contributed by atoms with Crippen molar-refractivity contribution >= 4 is 5.69 Å². The Bertz CT molecular complexity index is 480. The molecule has 2 atom stereocenters. The van der Waals surface area contributed by atoms with E-state index in [0.717, 1.165) is 13.1 Å². The fraction of sp³-hybridized carbons (Fsp3) is 0.625. The van der Waals surface area contributed by atoms with E-state index in [4.69, 9.17) is 5.11 Å². The zero-order valence-corrected chi connectivity index (χ0v) is 12.1. The minimum atomic E-state index is -0.215. The third-order valence-electron chi connectivity index (χ3n) is 4.69. The third-order valence-corrected chi connectivity index (χ3v) is 4.69. The Labute approximate surface area is 120 Å². The van der Waals surface area contributed by atoms with Crippen LogP contribution in [0.1, 0.15) is 31.7 Å². The van der Waals surface area contributed by atoms with E-state index in [1.54, 1.807) is 0 Å². The van der Waals surface area contributed by atoms with Crippen molar-refractivity contribution in [1.29, 1.82) is 0 Å². The number of piperazine rings is 1. The normalized spacial score (nSPS) is 27.4. The lowest BCUT2D eigenvalue weighted by molar-refractivity contribution is 0.115. The average molecular weight is 278 g/mol. The summed E-state index contributed by atoms with van der Waals surface area (Å²) in [7, 11) is 0. The van der Waals surface area contributed by atoms with Crippen LogP contribution in [0.4, 0.5) is 10.1 Å². The summed E-state index contributed by atoms with van der Waals surface area (Å²) >= 11 is 0. The molecule has 0 spiro atoms. The summed E-state index contributed by atoms with van der Waals surface area (Å²) in [5.41, 5.74) is 1.31. The number of hydrogen-bond acceptors (Lipinski definition) is 3. The highest BCUT2D eigenvalue weighted by Gasteiger charge is 2.33. The maximum atomic E-state index is 14.3. The second-order valence-corrected chi connectivity index (χ2v) is 6.09. The van der Waals surface area contributed by atoms with Crippen molar-refractivity contribution in [3.63, 3.8) is 0 Å². The van der Waals surface area contributed by atoms with Gasteiger partial charge in [-0.3, -0.25) is 4.90 Å². The number of rotatable bonds is 2. The predicted molar refractivity (Wildman–Crippen MR) is 78.3 cm³/mol. The van der Waals surface area contributed by atoms with Crippen LogP contribution in [-0.2, 0) is 6.61 Å². The number of nitrogens with zero attached hydrogens (tertiary/aromatic N) is 2. The Morgan fingerprint density at radius 1 is 1.30 bits per heavy atom. The summed E-state index contributed by atoms with van der Waals surface area (Å²) in [6.07, 6.45) is 3.80. The van der Waals surface area contributed by atoms with Crippen molar-refractivity contribution in [2.45, 2.75) is 44.9 Å². The van der Waals surface area contributed by atoms with Crippen LogP contribution in [0.2, 0.25) is 0 Å². The lowest BCUT2D eigenvalue weighted by Gasteiger charge is -2.48. The van der Waals surface area contributed by atoms with Gasteiger partial charge >= 0.3 is 0 Å². The van der Waals surface area contributed by atoms with E-state index in [1.165, 1.54) is 31.9 Å². The Hall–Kier alpha value is -1.13. The Kier molecular flexibility index (Phi) is 3.94. The Balaban J connectivity index is 1.82. The van der Waals surface area contributed by atoms with Crippen LogP contribution in [0.3, 0.4) is 0 Å². The Morgan fingerprint density at radius 2 is 2.15 bits per heavy atom. The average Bonchev–Trinajstić information content (AvgIpc) is 2.46. The molecule has 1 aromatic rings. The number of aliphatic hydroxyl groups is 1. The van der Waals surface area contributed by atoms with Gasteiger partial charge in [0.15, 0.2) is 0 Å². The van der Waals surface area contributed by atoms with E-state index < -0.39 is 0 Å². The van der Waals surface area contributed by atoms with Crippen molar-refractivity contribution in [3.8, 4) is 0 Å². The fourth-order valence-electron chi connectivity index (χ4n) is 3.57. The van der Waals surface area contributed by atoms with E-state index in [2.05, 4.69) is 16.7 Å². The third kappa shape index (κ3) is 2.54. The van der Waals surface area contributed by atoms with Gasteiger partial charge in [-0.2, -0.15) is 0 Å². The van der Waals surface area contributed by atoms with Gasteiger partial charge in [0.25, 0.3) is 0 Å². The van der Waals surface area contributed by atoms with Crippen molar-refractivity contribution in [3.05, 3.63) is 29.6 Å². The second-order valence-electron chi connectivity index (χ2n) is 6.09. The first kappa shape index (κ1) is 13.8. The molecular formula is C16H23FN2O. The lowest BCUT2D eigenvalue weighted by Crippen LogP contribution is -2.59. The second kappa shape index (κ2) is 5.70. The van der Waals surface area contributed by atoms with Gasteiger partial charge in [0.1, 0.15) is 5.82 Å². The standard InChI is InChI=1S/C16H23FN2O/c1-12-9-18-7-3-2-4-14(18)10-19(12)16-6-5-13(11-20)8-15(16)17/h5-6,8,12,14,20H,2-4,7,9-11H2,1H3. The van der Waals surface area contributed by atoms with Crippen molar-refractivity contribution in [2.75, 3.05) is 24.5 Å². The molecule has 0 radical (unpaired) electrons. The first-order valence-electron chi connectivity index (χ1n) is 7.59. The number of fused-ring (bicyclic) bond motifs is 1. The molecule has 2 saturated heterocycles. The van der Waals surface area contributed by atoms with Gasteiger partial charge in [-0.1, -0.05) is 12.5 Å². The Morgan fingerprint density at radius 3 is 2.90 bits per heavy atom. The molecule has 110 valence electrons. The van der Waals surface area contributed by atoms with Crippen LogP contribution in [0.15, 0.2) is 18.2 Å². The van der Waals surface area contributed by atoms with Crippen LogP contribution < -0.4 is 4.90 Å². The molecule has 1 N–H and O–H groups in total. The predicted octanol–water partition coefficient (Wildman–Crippen LogP) is 2.38.